The molecule has 3 heterocycles. The Morgan fingerprint density at radius 3 is 2.68 bits per heavy atom. The predicted molar refractivity (Wildman–Crippen MR) is 109 cm³/mol. The van der Waals surface area contributed by atoms with E-state index in [0.717, 1.165) is 28.0 Å². The van der Waals surface area contributed by atoms with Crippen LogP contribution in [0.5, 0.6) is 0 Å². The van der Waals surface area contributed by atoms with Crippen LogP contribution in [-0.4, -0.2) is 29.2 Å². The number of carbonyl (C=O) groups excluding carboxylic acids is 1. The Morgan fingerprint density at radius 2 is 1.97 bits per heavy atom. The van der Waals surface area contributed by atoms with Crippen molar-refractivity contribution in [2.75, 3.05) is 0 Å². The van der Waals surface area contributed by atoms with Crippen molar-refractivity contribution in [2.45, 2.75) is 13.1 Å². The highest BCUT2D eigenvalue weighted by Gasteiger charge is 2.17. The lowest BCUT2D eigenvalue weighted by Gasteiger charge is -2.05. The van der Waals surface area contributed by atoms with Gasteiger partial charge in [-0.25, -0.2) is 18.6 Å². The predicted octanol–water partition coefficient (Wildman–Crippen LogP) is 0.489. The largest absolute Gasteiger partial charge is 0.332 e. The first-order valence-corrected chi connectivity index (χ1v) is 9.64. The quantitative estimate of drug-likeness (QED) is 0.430. The Bertz CT molecular complexity index is 1610. The summed E-state index contributed by atoms with van der Waals surface area (Å²) in [5, 5.41) is 0. The molecule has 0 aliphatic heterocycles. The maximum Gasteiger partial charge on any atom is 0.332 e. The SMILES string of the molecule is C#CCn1c(=NC(=O)Cn2cnc3c2c(=O)n(C)c(=O)n3C)sc2cc(F)cc(F)c21. The summed E-state index contributed by atoms with van der Waals surface area (Å²) in [6.07, 6.45) is 6.61. The second-order valence-electron chi connectivity index (χ2n) is 6.67. The van der Waals surface area contributed by atoms with Crippen molar-refractivity contribution in [1.82, 2.24) is 23.3 Å². The molecular weight excluding hydrogens is 430 g/mol. The van der Waals surface area contributed by atoms with Gasteiger partial charge in [-0.2, -0.15) is 4.99 Å². The van der Waals surface area contributed by atoms with Gasteiger partial charge >= 0.3 is 5.69 Å². The van der Waals surface area contributed by atoms with Crippen molar-refractivity contribution >= 4 is 38.6 Å². The molecule has 1 aromatic carbocycles. The Hall–Kier alpha value is -3.85. The number of nitrogens with zero attached hydrogens (tertiary/aromatic N) is 6. The van der Waals surface area contributed by atoms with E-state index in [1.807, 2.05) is 0 Å². The highest BCUT2D eigenvalue weighted by atomic mass is 32.1. The van der Waals surface area contributed by atoms with Crippen LogP contribution in [-0.2, 0) is 32.0 Å². The lowest BCUT2D eigenvalue weighted by atomic mass is 10.3. The first-order valence-electron chi connectivity index (χ1n) is 8.83. The molecule has 0 unspecified atom stereocenters. The van der Waals surface area contributed by atoms with Crippen molar-refractivity contribution in [3.63, 3.8) is 0 Å². The molecule has 158 valence electrons. The first kappa shape index (κ1) is 20.4. The average Bonchev–Trinajstić information content (AvgIpc) is 3.26. The van der Waals surface area contributed by atoms with Crippen LogP contribution in [0.4, 0.5) is 8.78 Å². The van der Waals surface area contributed by atoms with Crippen molar-refractivity contribution < 1.29 is 13.6 Å². The van der Waals surface area contributed by atoms with Crippen LogP contribution in [0.1, 0.15) is 0 Å². The van der Waals surface area contributed by atoms with Gasteiger partial charge in [0.15, 0.2) is 21.8 Å². The zero-order valence-corrected chi connectivity index (χ0v) is 17.1. The molecule has 0 bridgehead atoms. The maximum absolute atomic E-state index is 14.3. The number of terminal acetylenes is 1. The lowest BCUT2D eigenvalue weighted by Crippen LogP contribution is -2.37. The van der Waals surface area contributed by atoms with E-state index in [-0.39, 0.29) is 39.3 Å². The fourth-order valence-corrected chi connectivity index (χ4v) is 4.34. The lowest BCUT2D eigenvalue weighted by molar-refractivity contribution is -0.118. The van der Waals surface area contributed by atoms with E-state index < -0.39 is 28.8 Å². The minimum absolute atomic E-state index is 0.0489. The van der Waals surface area contributed by atoms with Crippen LogP contribution in [0.25, 0.3) is 21.4 Å². The molecule has 0 spiro atoms. The summed E-state index contributed by atoms with van der Waals surface area (Å²) in [4.78, 5) is 45.3. The molecule has 3 aromatic heterocycles. The number of amides is 1. The van der Waals surface area contributed by atoms with E-state index in [4.69, 9.17) is 6.42 Å². The van der Waals surface area contributed by atoms with E-state index in [1.165, 1.54) is 34.1 Å². The molecular formula is C19H14F2N6O3S. The second kappa shape index (κ2) is 7.44. The summed E-state index contributed by atoms with van der Waals surface area (Å²) in [7, 11) is 2.78. The van der Waals surface area contributed by atoms with E-state index in [9.17, 15) is 23.2 Å². The Morgan fingerprint density at radius 1 is 1.23 bits per heavy atom. The summed E-state index contributed by atoms with van der Waals surface area (Å²) in [6.45, 7) is -0.434. The third kappa shape index (κ3) is 3.28. The van der Waals surface area contributed by atoms with Gasteiger partial charge in [0.1, 0.15) is 12.4 Å². The molecule has 0 N–H and O–H groups in total. The van der Waals surface area contributed by atoms with Gasteiger partial charge in [0.05, 0.1) is 23.1 Å². The Labute approximate surface area is 176 Å². The van der Waals surface area contributed by atoms with Crippen LogP contribution in [0.15, 0.2) is 33.0 Å². The van der Waals surface area contributed by atoms with E-state index >= 15 is 0 Å². The molecule has 4 aromatic rings. The zero-order chi connectivity index (χ0) is 22.4. The Balaban J connectivity index is 1.83. The summed E-state index contributed by atoms with van der Waals surface area (Å²) >= 11 is 0.910. The number of aromatic nitrogens is 5. The third-order valence-corrected chi connectivity index (χ3v) is 5.71. The average molecular weight is 444 g/mol. The number of aryl methyl sites for hydroxylation is 1. The Kier molecular flexibility index (Phi) is 4.90. The topological polar surface area (TPSA) is 96.2 Å². The molecule has 9 nitrogen and oxygen atoms in total. The highest BCUT2D eigenvalue weighted by molar-refractivity contribution is 7.16. The van der Waals surface area contributed by atoms with E-state index in [1.54, 1.807) is 0 Å². The minimum Gasteiger partial charge on any atom is -0.315 e. The molecule has 12 heteroatoms. The van der Waals surface area contributed by atoms with Gasteiger partial charge in [-0.1, -0.05) is 17.3 Å². The van der Waals surface area contributed by atoms with Gasteiger partial charge in [0, 0.05) is 20.2 Å². The minimum atomic E-state index is -0.819. The normalized spacial score (nSPS) is 12.0. The summed E-state index contributed by atoms with van der Waals surface area (Å²) in [5.74, 6) is 0.106. The van der Waals surface area contributed by atoms with Gasteiger partial charge in [-0.05, 0) is 6.07 Å². The number of imidazole rings is 1. The highest BCUT2D eigenvalue weighted by Crippen LogP contribution is 2.22. The number of hydrogen-bond acceptors (Lipinski definition) is 5. The summed E-state index contributed by atoms with van der Waals surface area (Å²) in [5.41, 5.74) is -0.913. The fourth-order valence-electron chi connectivity index (χ4n) is 3.26. The number of fused-ring (bicyclic) bond motifs is 2. The molecule has 0 saturated carbocycles. The van der Waals surface area contributed by atoms with Crippen molar-refractivity contribution in [1.29, 1.82) is 0 Å². The van der Waals surface area contributed by atoms with Gasteiger partial charge < -0.3 is 9.13 Å². The van der Waals surface area contributed by atoms with Crippen LogP contribution in [0.2, 0.25) is 0 Å². The molecule has 0 aliphatic rings. The molecule has 0 saturated heterocycles. The number of hydrogen-bond donors (Lipinski definition) is 0. The molecule has 4 rings (SSSR count). The van der Waals surface area contributed by atoms with Crippen LogP contribution < -0.4 is 16.1 Å². The molecule has 31 heavy (non-hydrogen) atoms. The van der Waals surface area contributed by atoms with Crippen molar-refractivity contribution in [3.05, 3.63) is 55.7 Å². The van der Waals surface area contributed by atoms with E-state index in [0.29, 0.717) is 0 Å². The van der Waals surface area contributed by atoms with Crippen LogP contribution >= 0.6 is 11.3 Å². The number of carbonyl (C=O) groups is 1. The third-order valence-electron chi connectivity index (χ3n) is 4.69. The number of rotatable bonds is 3. The second-order valence-corrected chi connectivity index (χ2v) is 7.67. The standard InChI is InChI=1S/C19H14F2N6O3S/c1-4-5-27-14-11(21)6-10(20)7-12(14)31-18(27)23-13(28)8-26-9-22-16-15(26)17(29)25(3)19(30)24(16)2/h1,6-7,9H,5,8H2,2-3H3. The number of halogens is 2. The fraction of sp³-hybridized carbons (Fsp3) is 0.211. The monoisotopic (exact) mass is 444 g/mol. The number of benzene rings is 1. The van der Waals surface area contributed by atoms with Crippen LogP contribution in [0.3, 0.4) is 0 Å². The van der Waals surface area contributed by atoms with E-state index in [2.05, 4.69) is 15.9 Å². The first-order chi connectivity index (χ1) is 14.7. The zero-order valence-electron chi connectivity index (χ0n) is 16.3. The van der Waals surface area contributed by atoms with Crippen molar-refractivity contribution in [2.24, 2.45) is 19.1 Å². The summed E-state index contributed by atoms with van der Waals surface area (Å²) < 4.78 is 32.8. The molecule has 0 aliphatic carbocycles. The molecule has 0 radical (unpaired) electrons. The number of thiazole rings is 1. The van der Waals surface area contributed by atoms with Gasteiger partial charge in [0.2, 0.25) is 0 Å². The maximum atomic E-state index is 14.3. The summed E-state index contributed by atoms with van der Waals surface area (Å²) in [6, 6.07) is 1.86. The van der Waals surface area contributed by atoms with Gasteiger partial charge in [-0.15, -0.1) is 6.42 Å². The molecule has 1 amide bonds. The van der Waals surface area contributed by atoms with Gasteiger partial charge in [0.25, 0.3) is 11.5 Å². The van der Waals surface area contributed by atoms with Gasteiger partial charge in [-0.3, -0.25) is 18.7 Å². The van der Waals surface area contributed by atoms with Crippen LogP contribution in [0, 0.1) is 24.0 Å². The smallest absolute Gasteiger partial charge is 0.315 e. The molecule has 0 atom stereocenters. The van der Waals surface area contributed by atoms with Crippen molar-refractivity contribution in [3.8, 4) is 12.3 Å². The molecule has 0 fully saturated rings.